The summed E-state index contributed by atoms with van der Waals surface area (Å²) in [6.07, 6.45) is 0.519. The number of alkyl halides is 2. The van der Waals surface area contributed by atoms with Crippen molar-refractivity contribution in [2.75, 3.05) is 18.0 Å². The Hall–Kier alpha value is -2.97. The molecule has 0 aliphatic carbocycles. The average Bonchev–Trinajstić information content (AvgIpc) is 3.09. The highest BCUT2D eigenvalue weighted by atomic mass is 19.3. The maximum absolute atomic E-state index is 13.3. The number of benzene rings is 1. The van der Waals surface area contributed by atoms with Gasteiger partial charge in [0.2, 0.25) is 5.82 Å². The van der Waals surface area contributed by atoms with Gasteiger partial charge in [0.25, 0.3) is 6.43 Å². The fourth-order valence-corrected chi connectivity index (χ4v) is 3.11. The molecule has 0 saturated carbocycles. The summed E-state index contributed by atoms with van der Waals surface area (Å²) < 4.78 is 53.4. The molecule has 27 heavy (non-hydrogen) atoms. The van der Waals surface area contributed by atoms with Crippen molar-refractivity contribution in [2.24, 2.45) is 0 Å². The predicted molar refractivity (Wildman–Crippen MR) is 91.5 cm³/mol. The maximum atomic E-state index is 13.3. The number of rotatable bonds is 3. The van der Waals surface area contributed by atoms with E-state index in [0.29, 0.717) is 37.3 Å². The number of piperidine rings is 1. The highest BCUT2D eigenvalue weighted by Gasteiger charge is 2.20. The number of anilines is 1. The molecular weight excluding hydrogens is 362 g/mol. The van der Waals surface area contributed by atoms with E-state index in [1.807, 2.05) is 11.0 Å². The molecule has 2 aromatic heterocycles. The first-order chi connectivity index (χ1) is 13.0. The van der Waals surface area contributed by atoms with Crippen molar-refractivity contribution in [3.8, 4) is 0 Å². The first kappa shape index (κ1) is 17.4. The number of hydrogen-bond acceptors (Lipinski definition) is 4. The molecule has 1 fully saturated rings. The van der Waals surface area contributed by atoms with Gasteiger partial charge in [-0.05, 0) is 42.7 Å². The van der Waals surface area contributed by atoms with Crippen LogP contribution in [0, 0.1) is 11.6 Å². The van der Waals surface area contributed by atoms with E-state index in [4.69, 9.17) is 0 Å². The van der Waals surface area contributed by atoms with Gasteiger partial charge in [0.15, 0.2) is 17.3 Å². The first-order valence-electron chi connectivity index (χ1n) is 8.41. The zero-order chi connectivity index (χ0) is 19.0. The molecule has 1 aliphatic heterocycles. The number of hydrogen-bond donors (Lipinski definition) is 0. The molecule has 0 radical (unpaired) electrons. The Morgan fingerprint density at radius 1 is 0.963 bits per heavy atom. The molecule has 0 atom stereocenters. The second-order valence-corrected chi connectivity index (χ2v) is 6.28. The van der Waals surface area contributed by atoms with Crippen LogP contribution in [0.1, 0.15) is 30.7 Å². The molecule has 0 bridgehead atoms. The van der Waals surface area contributed by atoms with E-state index < -0.39 is 23.9 Å². The van der Waals surface area contributed by atoms with Crippen LogP contribution in [0.3, 0.4) is 0 Å². The van der Waals surface area contributed by atoms with Crippen molar-refractivity contribution in [3.63, 3.8) is 0 Å². The third-order valence-corrected chi connectivity index (χ3v) is 4.51. The Bertz CT molecular complexity index is 1000. The fraction of sp³-hybridized carbons (Fsp3) is 0.278. The highest BCUT2D eigenvalue weighted by molar-refractivity contribution is 5.54. The SMILES string of the molecule is Fc1ccc(C=C2CCN(c3ccc4nnc(C(F)F)n4n3)CC2)cc1F. The lowest BCUT2D eigenvalue weighted by atomic mass is 10.0. The second kappa shape index (κ2) is 6.98. The summed E-state index contributed by atoms with van der Waals surface area (Å²) in [5.41, 5.74) is 1.99. The van der Waals surface area contributed by atoms with Crippen molar-refractivity contribution in [2.45, 2.75) is 19.3 Å². The molecule has 1 aliphatic rings. The van der Waals surface area contributed by atoms with E-state index in [0.717, 1.165) is 16.2 Å². The minimum Gasteiger partial charge on any atom is -0.355 e. The zero-order valence-corrected chi connectivity index (χ0v) is 14.1. The lowest BCUT2D eigenvalue weighted by molar-refractivity contribution is 0.137. The molecule has 0 amide bonds. The lowest BCUT2D eigenvalue weighted by Crippen LogP contribution is -2.31. The number of fused-ring (bicyclic) bond motifs is 1. The Morgan fingerprint density at radius 2 is 1.74 bits per heavy atom. The predicted octanol–water partition coefficient (Wildman–Crippen LogP) is 4.02. The third kappa shape index (κ3) is 3.49. The molecule has 1 saturated heterocycles. The van der Waals surface area contributed by atoms with Gasteiger partial charge < -0.3 is 4.90 Å². The monoisotopic (exact) mass is 377 g/mol. The van der Waals surface area contributed by atoms with Gasteiger partial charge in [-0.25, -0.2) is 17.6 Å². The Kier molecular flexibility index (Phi) is 4.51. The van der Waals surface area contributed by atoms with Gasteiger partial charge in [0.05, 0.1) is 0 Å². The van der Waals surface area contributed by atoms with Gasteiger partial charge >= 0.3 is 0 Å². The molecule has 3 aromatic rings. The summed E-state index contributed by atoms with van der Waals surface area (Å²) in [7, 11) is 0. The summed E-state index contributed by atoms with van der Waals surface area (Å²) in [4.78, 5) is 1.98. The Balaban J connectivity index is 1.50. The number of nitrogens with zero attached hydrogens (tertiary/aromatic N) is 5. The molecule has 3 heterocycles. The summed E-state index contributed by atoms with van der Waals surface area (Å²) in [6.45, 7) is 1.28. The molecular formula is C18H15F4N5. The quantitative estimate of drug-likeness (QED) is 0.647. The fourth-order valence-electron chi connectivity index (χ4n) is 3.11. The topological polar surface area (TPSA) is 46.3 Å². The summed E-state index contributed by atoms with van der Waals surface area (Å²) in [6, 6.07) is 7.14. The van der Waals surface area contributed by atoms with Crippen LogP contribution in [0.5, 0.6) is 0 Å². The molecule has 5 nitrogen and oxygen atoms in total. The van der Waals surface area contributed by atoms with Crippen LogP contribution in [0.15, 0.2) is 35.9 Å². The summed E-state index contributed by atoms with van der Waals surface area (Å²) in [5, 5.41) is 11.4. The van der Waals surface area contributed by atoms with Crippen molar-refractivity contribution >= 4 is 17.5 Å². The smallest absolute Gasteiger partial charge is 0.299 e. The van der Waals surface area contributed by atoms with Gasteiger partial charge in [-0.15, -0.1) is 15.3 Å². The number of aromatic nitrogens is 4. The standard InChI is InChI=1S/C18H15F4N5/c19-13-2-1-12(10-14(13)20)9-11-5-7-26(8-6-11)16-4-3-15-23-24-18(17(21)22)27(15)25-16/h1-4,9-10,17H,5-8H2. The van der Waals surface area contributed by atoms with Crippen molar-refractivity contribution in [1.29, 1.82) is 0 Å². The van der Waals surface area contributed by atoms with Crippen LogP contribution in [0.2, 0.25) is 0 Å². The Morgan fingerprint density at radius 3 is 2.44 bits per heavy atom. The van der Waals surface area contributed by atoms with Crippen molar-refractivity contribution in [3.05, 3.63) is 58.9 Å². The molecule has 4 rings (SSSR count). The molecule has 0 unspecified atom stereocenters. The minimum absolute atomic E-state index is 0.269. The normalized spacial score (nSPS) is 15.0. The minimum atomic E-state index is -2.75. The second-order valence-electron chi connectivity index (χ2n) is 6.28. The van der Waals surface area contributed by atoms with E-state index in [2.05, 4.69) is 15.3 Å². The molecule has 9 heteroatoms. The summed E-state index contributed by atoms with van der Waals surface area (Å²) in [5.74, 6) is -1.66. The van der Waals surface area contributed by atoms with Crippen LogP contribution in [-0.2, 0) is 0 Å². The average molecular weight is 377 g/mol. The Labute approximate surface area is 151 Å². The first-order valence-corrected chi connectivity index (χ1v) is 8.41. The van der Waals surface area contributed by atoms with Crippen molar-refractivity contribution in [1.82, 2.24) is 19.8 Å². The van der Waals surface area contributed by atoms with Crippen LogP contribution < -0.4 is 4.90 Å². The van der Waals surface area contributed by atoms with Crippen LogP contribution in [0.25, 0.3) is 11.7 Å². The molecule has 1 aromatic carbocycles. The van der Waals surface area contributed by atoms with E-state index in [-0.39, 0.29) is 5.65 Å². The molecule has 140 valence electrons. The lowest BCUT2D eigenvalue weighted by Gasteiger charge is -2.29. The highest BCUT2D eigenvalue weighted by Crippen LogP contribution is 2.25. The van der Waals surface area contributed by atoms with Gasteiger partial charge in [0.1, 0.15) is 5.82 Å². The molecule has 0 N–H and O–H groups in total. The van der Waals surface area contributed by atoms with Crippen LogP contribution in [0.4, 0.5) is 23.4 Å². The third-order valence-electron chi connectivity index (χ3n) is 4.51. The van der Waals surface area contributed by atoms with Gasteiger partial charge in [0, 0.05) is 13.1 Å². The van der Waals surface area contributed by atoms with Gasteiger partial charge in [-0.2, -0.15) is 4.52 Å². The van der Waals surface area contributed by atoms with E-state index in [9.17, 15) is 17.6 Å². The van der Waals surface area contributed by atoms with E-state index >= 15 is 0 Å². The van der Waals surface area contributed by atoms with Gasteiger partial charge in [-0.1, -0.05) is 17.7 Å². The maximum Gasteiger partial charge on any atom is 0.299 e. The van der Waals surface area contributed by atoms with E-state index in [1.165, 1.54) is 12.1 Å². The van der Waals surface area contributed by atoms with Crippen LogP contribution >= 0.6 is 0 Å². The van der Waals surface area contributed by atoms with Gasteiger partial charge in [-0.3, -0.25) is 0 Å². The molecule has 0 spiro atoms. The van der Waals surface area contributed by atoms with E-state index in [1.54, 1.807) is 12.1 Å². The number of halogens is 4. The van der Waals surface area contributed by atoms with Crippen LogP contribution in [-0.4, -0.2) is 32.9 Å². The summed E-state index contributed by atoms with van der Waals surface area (Å²) >= 11 is 0. The largest absolute Gasteiger partial charge is 0.355 e. The zero-order valence-electron chi connectivity index (χ0n) is 14.1. The van der Waals surface area contributed by atoms with Crippen molar-refractivity contribution < 1.29 is 17.6 Å².